The molecule has 0 aliphatic heterocycles. The minimum Gasteiger partial charge on any atom is -0.496 e. The van der Waals surface area contributed by atoms with Crippen LogP contribution in [-0.4, -0.2) is 29.9 Å². The lowest BCUT2D eigenvalue weighted by Gasteiger charge is -2.20. The van der Waals surface area contributed by atoms with E-state index < -0.39 is 23.6 Å². The van der Waals surface area contributed by atoms with Crippen molar-refractivity contribution >= 4 is 17.7 Å². The molecule has 132 valence electrons. The maximum Gasteiger partial charge on any atom is 0.412 e. The summed E-state index contributed by atoms with van der Waals surface area (Å²) in [6, 6.07) is 5.20. The topological polar surface area (TPSA) is 84.9 Å². The second kappa shape index (κ2) is 6.00. The summed E-state index contributed by atoms with van der Waals surface area (Å²) in [5, 5.41) is 12.1. The maximum atomic E-state index is 11.9. The molecule has 0 unspecified atom stereocenters. The lowest BCUT2D eigenvalue weighted by atomic mass is 10.0. The first-order chi connectivity index (χ1) is 11.0. The van der Waals surface area contributed by atoms with E-state index in [9.17, 15) is 14.7 Å². The highest BCUT2D eigenvalue weighted by molar-refractivity contribution is 5.85. The minimum atomic E-state index is -0.822. The molecule has 1 fully saturated rings. The zero-order valence-corrected chi connectivity index (χ0v) is 15.0. The summed E-state index contributed by atoms with van der Waals surface area (Å²) in [6.45, 7) is 9.20. The van der Waals surface area contributed by atoms with Gasteiger partial charge in [-0.25, -0.2) is 4.79 Å². The van der Waals surface area contributed by atoms with Gasteiger partial charge in [-0.2, -0.15) is 0 Å². The van der Waals surface area contributed by atoms with Crippen LogP contribution in [0.1, 0.15) is 46.1 Å². The third kappa shape index (κ3) is 3.63. The number of benzene rings is 1. The van der Waals surface area contributed by atoms with E-state index >= 15 is 0 Å². The zero-order chi connectivity index (χ0) is 18.3. The number of ether oxygens (including phenoxy) is 2. The van der Waals surface area contributed by atoms with Crippen LogP contribution >= 0.6 is 0 Å². The van der Waals surface area contributed by atoms with E-state index in [-0.39, 0.29) is 11.3 Å². The van der Waals surface area contributed by atoms with E-state index in [0.29, 0.717) is 11.4 Å². The number of aliphatic carboxylic acids is 1. The lowest BCUT2D eigenvalue weighted by Crippen LogP contribution is -2.27. The van der Waals surface area contributed by atoms with E-state index in [2.05, 4.69) is 5.32 Å². The molecule has 1 amide bonds. The van der Waals surface area contributed by atoms with Crippen molar-refractivity contribution in [2.45, 2.75) is 46.1 Å². The SMILES string of the molecule is COc1ccc(NC(=O)OC(C)(C)C)cc1[C@H]1[C@H](C(=O)O)C1(C)C. The molecular weight excluding hydrogens is 310 g/mol. The second-order valence-corrected chi connectivity index (χ2v) is 7.70. The van der Waals surface area contributed by atoms with Crippen molar-refractivity contribution in [3.63, 3.8) is 0 Å². The fourth-order valence-corrected chi connectivity index (χ4v) is 3.16. The molecule has 0 bridgehead atoms. The van der Waals surface area contributed by atoms with Crippen molar-refractivity contribution in [3.05, 3.63) is 23.8 Å². The van der Waals surface area contributed by atoms with Gasteiger partial charge >= 0.3 is 12.1 Å². The first-order valence-corrected chi connectivity index (χ1v) is 7.88. The number of nitrogens with one attached hydrogen (secondary N) is 1. The van der Waals surface area contributed by atoms with Gasteiger partial charge < -0.3 is 14.6 Å². The van der Waals surface area contributed by atoms with Gasteiger partial charge in [0.15, 0.2) is 0 Å². The molecule has 24 heavy (non-hydrogen) atoms. The monoisotopic (exact) mass is 335 g/mol. The highest BCUT2D eigenvalue weighted by atomic mass is 16.6. The molecule has 0 aromatic heterocycles. The summed E-state index contributed by atoms with van der Waals surface area (Å²) in [7, 11) is 1.55. The summed E-state index contributed by atoms with van der Waals surface area (Å²) >= 11 is 0. The molecule has 0 spiro atoms. The maximum absolute atomic E-state index is 11.9. The van der Waals surface area contributed by atoms with Crippen LogP contribution in [0.3, 0.4) is 0 Å². The number of hydrogen-bond donors (Lipinski definition) is 2. The van der Waals surface area contributed by atoms with E-state index in [0.717, 1.165) is 5.56 Å². The number of anilines is 1. The first kappa shape index (κ1) is 18.1. The zero-order valence-electron chi connectivity index (χ0n) is 15.0. The molecule has 1 aliphatic rings. The smallest absolute Gasteiger partial charge is 0.412 e. The molecule has 1 saturated carbocycles. The predicted octanol–water partition coefficient (Wildman–Crippen LogP) is 3.87. The highest BCUT2D eigenvalue weighted by Gasteiger charge is 2.63. The molecule has 1 aromatic carbocycles. The number of carboxylic acids is 1. The van der Waals surface area contributed by atoms with Gasteiger partial charge in [0, 0.05) is 17.2 Å². The fourth-order valence-electron chi connectivity index (χ4n) is 3.16. The first-order valence-electron chi connectivity index (χ1n) is 7.88. The molecule has 2 rings (SSSR count). The van der Waals surface area contributed by atoms with Gasteiger partial charge in [-0.15, -0.1) is 0 Å². The quantitative estimate of drug-likeness (QED) is 0.872. The predicted molar refractivity (Wildman–Crippen MR) is 90.5 cm³/mol. The Labute approximate surface area is 142 Å². The summed E-state index contributed by atoms with van der Waals surface area (Å²) in [5.74, 6) is -0.836. The van der Waals surface area contributed by atoms with Gasteiger partial charge in [0.1, 0.15) is 11.4 Å². The Bertz CT molecular complexity index is 660. The second-order valence-electron chi connectivity index (χ2n) is 7.70. The number of carbonyl (C=O) groups is 2. The molecule has 6 heteroatoms. The van der Waals surface area contributed by atoms with Crippen molar-refractivity contribution < 1.29 is 24.2 Å². The van der Waals surface area contributed by atoms with Crippen LogP contribution in [0.15, 0.2) is 18.2 Å². The normalized spacial score (nSPS) is 21.8. The van der Waals surface area contributed by atoms with Crippen molar-refractivity contribution in [2.24, 2.45) is 11.3 Å². The Kier molecular flexibility index (Phi) is 4.52. The van der Waals surface area contributed by atoms with Crippen LogP contribution in [0.5, 0.6) is 5.75 Å². The van der Waals surface area contributed by atoms with E-state index in [4.69, 9.17) is 9.47 Å². The Balaban J connectivity index is 2.26. The molecule has 0 heterocycles. The van der Waals surface area contributed by atoms with Gasteiger partial charge in [0.2, 0.25) is 0 Å². The average molecular weight is 335 g/mol. The number of carbonyl (C=O) groups excluding carboxylic acids is 1. The molecule has 1 aromatic rings. The number of rotatable bonds is 4. The van der Waals surface area contributed by atoms with Gasteiger partial charge in [-0.3, -0.25) is 10.1 Å². The number of amides is 1. The van der Waals surface area contributed by atoms with Crippen LogP contribution in [0.4, 0.5) is 10.5 Å². The van der Waals surface area contributed by atoms with Crippen molar-refractivity contribution in [2.75, 3.05) is 12.4 Å². The average Bonchev–Trinajstić information content (AvgIpc) is 2.99. The number of carboxylic acid groups (broad SMARTS) is 1. The lowest BCUT2D eigenvalue weighted by molar-refractivity contribution is -0.139. The summed E-state index contributed by atoms with van der Waals surface area (Å²) < 4.78 is 10.6. The Hall–Kier alpha value is -2.24. The van der Waals surface area contributed by atoms with Gasteiger partial charge in [-0.1, -0.05) is 13.8 Å². The van der Waals surface area contributed by atoms with Crippen molar-refractivity contribution in [1.82, 2.24) is 0 Å². The van der Waals surface area contributed by atoms with Crippen LogP contribution in [-0.2, 0) is 9.53 Å². The highest BCUT2D eigenvalue weighted by Crippen LogP contribution is 2.66. The molecule has 2 atom stereocenters. The van der Waals surface area contributed by atoms with E-state index in [1.807, 2.05) is 13.8 Å². The Morgan fingerprint density at radius 3 is 2.33 bits per heavy atom. The minimum absolute atomic E-state index is 0.162. The van der Waals surface area contributed by atoms with Crippen LogP contribution < -0.4 is 10.1 Å². The van der Waals surface area contributed by atoms with E-state index in [1.54, 1.807) is 46.1 Å². The van der Waals surface area contributed by atoms with E-state index in [1.165, 1.54) is 0 Å². The van der Waals surface area contributed by atoms with Crippen LogP contribution in [0.2, 0.25) is 0 Å². The summed E-state index contributed by atoms with van der Waals surface area (Å²) in [6.07, 6.45) is -0.552. The van der Waals surface area contributed by atoms with Crippen molar-refractivity contribution in [3.8, 4) is 5.75 Å². The fraction of sp³-hybridized carbons (Fsp3) is 0.556. The Morgan fingerprint density at radius 1 is 1.25 bits per heavy atom. The van der Waals surface area contributed by atoms with Gasteiger partial charge in [0.05, 0.1) is 13.0 Å². The molecule has 1 aliphatic carbocycles. The number of hydrogen-bond acceptors (Lipinski definition) is 4. The summed E-state index contributed by atoms with van der Waals surface area (Å²) in [4.78, 5) is 23.4. The Morgan fingerprint density at radius 2 is 1.88 bits per heavy atom. The van der Waals surface area contributed by atoms with Crippen molar-refractivity contribution in [1.29, 1.82) is 0 Å². The third-order valence-electron chi connectivity index (χ3n) is 4.30. The molecule has 0 radical (unpaired) electrons. The van der Waals surface area contributed by atoms with Crippen LogP contribution in [0, 0.1) is 11.3 Å². The molecule has 0 saturated heterocycles. The van der Waals surface area contributed by atoms with Gasteiger partial charge in [0.25, 0.3) is 0 Å². The molecule has 6 nitrogen and oxygen atoms in total. The standard InChI is InChI=1S/C18H25NO5/c1-17(2,3)24-16(22)19-10-7-8-12(23-6)11(9-10)13-14(15(20)21)18(13,4)5/h7-9,13-14H,1-6H3,(H,19,22)(H,20,21)/t13-,14+/m0/s1. The molecule has 2 N–H and O–H groups in total. The number of methoxy groups -OCH3 is 1. The third-order valence-corrected chi connectivity index (χ3v) is 4.30. The van der Waals surface area contributed by atoms with Gasteiger partial charge in [-0.05, 0) is 44.4 Å². The molecular formula is C18H25NO5. The van der Waals surface area contributed by atoms with Crippen LogP contribution in [0.25, 0.3) is 0 Å². The largest absolute Gasteiger partial charge is 0.496 e. The summed E-state index contributed by atoms with van der Waals surface area (Å²) in [5.41, 5.74) is 0.381.